The van der Waals surface area contributed by atoms with Gasteiger partial charge in [-0.25, -0.2) is 0 Å². The third-order valence-electron chi connectivity index (χ3n) is 4.16. The van der Waals surface area contributed by atoms with Gasteiger partial charge in [-0.1, -0.05) is 5.16 Å². The topological polar surface area (TPSA) is 145 Å². The van der Waals surface area contributed by atoms with Gasteiger partial charge in [0.1, 0.15) is 17.6 Å². The van der Waals surface area contributed by atoms with E-state index in [1.54, 1.807) is 6.08 Å². The van der Waals surface area contributed by atoms with E-state index in [-0.39, 0.29) is 24.0 Å². The summed E-state index contributed by atoms with van der Waals surface area (Å²) in [5.74, 6) is 0.238. The van der Waals surface area contributed by atoms with Crippen LogP contribution in [0.1, 0.15) is 25.7 Å². The Bertz CT molecular complexity index is 703. The van der Waals surface area contributed by atoms with Gasteiger partial charge in [0.05, 0.1) is 16.1 Å². The lowest BCUT2D eigenvalue weighted by Gasteiger charge is -2.33. The molecular weight excluding hydrogens is 486 g/mol. The first-order chi connectivity index (χ1) is 12.8. The van der Waals surface area contributed by atoms with Crippen LogP contribution in [0.4, 0.5) is 0 Å². The lowest BCUT2D eigenvalue weighted by Crippen LogP contribution is -2.45. The molecule has 27 heavy (non-hydrogen) atoms. The molecular formula is C16H23Br2N5O4. The highest BCUT2D eigenvalue weighted by atomic mass is 79.9. The fourth-order valence-corrected chi connectivity index (χ4v) is 4.54. The normalized spacial score (nSPS) is 24.2. The van der Waals surface area contributed by atoms with Crippen LogP contribution in [0, 0.1) is 0 Å². The molecule has 1 aliphatic heterocycles. The molecule has 0 radical (unpaired) electrons. The Hall–Kier alpha value is -1.59. The number of aliphatic imine (C=N–C) groups is 1. The van der Waals surface area contributed by atoms with Crippen molar-refractivity contribution >= 4 is 49.4 Å². The first kappa shape index (κ1) is 21.7. The molecule has 1 amide bonds. The standard InChI is InChI=1S/C16H23Br2N5O4/c1-26-12-9(17)7-16(13(24)11(12)18)8-10(23-27-16)14(25)21-5-3-2-4-6-22-15(19)20/h7,13,24H,2-6,8H2,1H3,(H,21,25)(H4,19,20,22)/t13-,16+/m0/s1. The Morgan fingerprint density at radius 1 is 1.48 bits per heavy atom. The third kappa shape index (κ3) is 5.23. The maximum Gasteiger partial charge on any atom is 0.269 e. The third-order valence-corrected chi connectivity index (χ3v) is 5.54. The Kier molecular flexibility index (Phi) is 7.68. The van der Waals surface area contributed by atoms with Crippen molar-refractivity contribution in [3.63, 3.8) is 0 Å². The van der Waals surface area contributed by atoms with Gasteiger partial charge in [0.2, 0.25) is 0 Å². The van der Waals surface area contributed by atoms with E-state index < -0.39 is 11.7 Å². The number of amides is 1. The molecule has 0 saturated carbocycles. The van der Waals surface area contributed by atoms with Gasteiger partial charge in [0, 0.05) is 19.5 Å². The van der Waals surface area contributed by atoms with Gasteiger partial charge in [-0.05, 0) is 57.2 Å². The SMILES string of the molecule is COC1=C(Br)[C@H](O)[C@@]2(C=C1Br)CC(C(=O)NCCCCCN=C(N)N)=NO2. The quantitative estimate of drug-likeness (QED) is 0.218. The Morgan fingerprint density at radius 3 is 2.89 bits per heavy atom. The first-order valence-electron chi connectivity index (χ1n) is 8.40. The molecule has 2 atom stereocenters. The van der Waals surface area contributed by atoms with Crippen molar-refractivity contribution in [2.75, 3.05) is 20.2 Å². The van der Waals surface area contributed by atoms with Crippen molar-refractivity contribution in [3.8, 4) is 0 Å². The van der Waals surface area contributed by atoms with Crippen LogP contribution in [0.3, 0.4) is 0 Å². The Labute approximate surface area is 174 Å². The maximum absolute atomic E-state index is 12.3. The summed E-state index contributed by atoms with van der Waals surface area (Å²) in [6, 6.07) is 0. The number of allylic oxidation sites excluding steroid dienone is 1. The minimum Gasteiger partial charge on any atom is -0.495 e. The molecule has 150 valence electrons. The van der Waals surface area contributed by atoms with Crippen LogP contribution in [-0.2, 0) is 14.4 Å². The lowest BCUT2D eigenvalue weighted by molar-refractivity contribution is -0.114. The first-order valence-corrected chi connectivity index (χ1v) is 9.98. The Balaban J connectivity index is 1.82. The second kappa shape index (κ2) is 9.56. The molecule has 2 aliphatic rings. The van der Waals surface area contributed by atoms with Crippen molar-refractivity contribution in [2.45, 2.75) is 37.4 Å². The zero-order chi connectivity index (χ0) is 20.0. The van der Waals surface area contributed by atoms with Gasteiger partial charge in [-0.15, -0.1) is 0 Å². The second-order valence-corrected chi connectivity index (χ2v) is 7.87. The molecule has 0 fully saturated rings. The van der Waals surface area contributed by atoms with Crippen LogP contribution < -0.4 is 16.8 Å². The van der Waals surface area contributed by atoms with E-state index in [9.17, 15) is 9.90 Å². The highest BCUT2D eigenvalue weighted by Crippen LogP contribution is 2.43. The number of methoxy groups -OCH3 is 1. The smallest absolute Gasteiger partial charge is 0.269 e. The van der Waals surface area contributed by atoms with E-state index >= 15 is 0 Å². The predicted molar refractivity (Wildman–Crippen MR) is 109 cm³/mol. The van der Waals surface area contributed by atoms with Crippen LogP contribution in [0.15, 0.2) is 30.9 Å². The largest absolute Gasteiger partial charge is 0.495 e. The molecule has 0 saturated heterocycles. The molecule has 1 spiro atoms. The summed E-state index contributed by atoms with van der Waals surface area (Å²) in [6.07, 6.45) is 3.29. The number of halogens is 2. The number of aliphatic hydroxyl groups excluding tert-OH is 1. The molecule has 2 rings (SSSR count). The van der Waals surface area contributed by atoms with Gasteiger partial charge < -0.3 is 31.5 Å². The summed E-state index contributed by atoms with van der Waals surface area (Å²) in [4.78, 5) is 21.7. The van der Waals surface area contributed by atoms with E-state index in [0.29, 0.717) is 27.8 Å². The van der Waals surface area contributed by atoms with Gasteiger partial charge in [0.25, 0.3) is 5.91 Å². The zero-order valence-corrected chi connectivity index (χ0v) is 18.0. The number of carbonyl (C=O) groups is 1. The van der Waals surface area contributed by atoms with Crippen molar-refractivity contribution in [1.29, 1.82) is 0 Å². The minimum absolute atomic E-state index is 0.0844. The van der Waals surface area contributed by atoms with Gasteiger partial charge in [-0.3, -0.25) is 9.79 Å². The van der Waals surface area contributed by atoms with Crippen LogP contribution in [0.25, 0.3) is 0 Å². The van der Waals surface area contributed by atoms with E-state index in [2.05, 4.69) is 47.3 Å². The van der Waals surface area contributed by atoms with Crippen molar-refractivity contribution in [2.24, 2.45) is 21.6 Å². The molecule has 0 aromatic carbocycles. The molecule has 0 bridgehead atoms. The number of oxime groups is 1. The number of carbonyl (C=O) groups excluding carboxylic acids is 1. The summed E-state index contributed by atoms with van der Waals surface area (Å²) in [7, 11) is 1.50. The van der Waals surface area contributed by atoms with E-state index in [1.165, 1.54) is 7.11 Å². The zero-order valence-electron chi connectivity index (χ0n) is 14.9. The highest BCUT2D eigenvalue weighted by Gasteiger charge is 2.50. The van der Waals surface area contributed by atoms with Crippen LogP contribution in [-0.4, -0.2) is 54.6 Å². The number of hydrogen-bond donors (Lipinski definition) is 4. The average Bonchev–Trinajstić information content (AvgIpc) is 3.04. The molecule has 1 heterocycles. The molecule has 6 N–H and O–H groups in total. The van der Waals surface area contributed by atoms with Crippen LogP contribution in [0.5, 0.6) is 0 Å². The summed E-state index contributed by atoms with van der Waals surface area (Å²) in [5.41, 5.74) is 9.59. The molecule has 0 unspecified atom stereocenters. The number of aliphatic hydroxyl groups is 1. The molecule has 0 aromatic rings. The maximum atomic E-state index is 12.3. The van der Waals surface area contributed by atoms with Crippen LogP contribution >= 0.6 is 31.9 Å². The van der Waals surface area contributed by atoms with Crippen molar-refractivity contribution < 1.29 is 19.5 Å². The van der Waals surface area contributed by atoms with Gasteiger partial charge in [0.15, 0.2) is 11.6 Å². The number of nitrogens with one attached hydrogen (secondary N) is 1. The number of unbranched alkanes of at least 4 members (excludes halogenated alkanes) is 2. The summed E-state index contributed by atoms with van der Waals surface area (Å²) >= 11 is 6.71. The fraction of sp³-hybridized carbons (Fsp3) is 0.562. The lowest BCUT2D eigenvalue weighted by atomic mass is 9.87. The van der Waals surface area contributed by atoms with E-state index in [0.717, 1.165) is 19.3 Å². The Morgan fingerprint density at radius 2 is 2.22 bits per heavy atom. The number of hydrogen-bond acceptors (Lipinski definition) is 6. The predicted octanol–water partition coefficient (Wildman–Crippen LogP) is 0.968. The average molecular weight is 509 g/mol. The number of guanidine groups is 1. The minimum atomic E-state index is -1.15. The van der Waals surface area contributed by atoms with E-state index in [4.69, 9.17) is 21.0 Å². The number of rotatable bonds is 8. The van der Waals surface area contributed by atoms with Crippen molar-refractivity contribution in [1.82, 2.24) is 5.32 Å². The van der Waals surface area contributed by atoms with Crippen LogP contribution in [0.2, 0.25) is 0 Å². The second-order valence-electron chi connectivity index (χ2n) is 6.16. The molecule has 11 heteroatoms. The number of nitrogens with zero attached hydrogens (tertiary/aromatic N) is 2. The summed E-state index contributed by atoms with van der Waals surface area (Å²) in [5, 5.41) is 17.3. The fourth-order valence-electron chi connectivity index (χ4n) is 2.74. The van der Waals surface area contributed by atoms with Gasteiger partial charge in [-0.2, -0.15) is 0 Å². The monoisotopic (exact) mass is 507 g/mol. The molecule has 0 aromatic heterocycles. The van der Waals surface area contributed by atoms with Crippen molar-refractivity contribution in [3.05, 3.63) is 20.8 Å². The molecule has 9 nitrogen and oxygen atoms in total. The van der Waals surface area contributed by atoms with Gasteiger partial charge >= 0.3 is 0 Å². The number of ether oxygens (including phenoxy) is 1. The summed E-state index contributed by atoms with van der Waals surface area (Å²) < 4.78 is 6.27. The molecule has 1 aliphatic carbocycles. The summed E-state index contributed by atoms with van der Waals surface area (Å²) in [6.45, 7) is 1.08. The highest BCUT2D eigenvalue weighted by molar-refractivity contribution is 9.12. The van der Waals surface area contributed by atoms with E-state index in [1.807, 2.05) is 0 Å². The number of nitrogens with two attached hydrogens (primary N) is 2.